The third kappa shape index (κ3) is 3.98. The summed E-state index contributed by atoms with van der Waals surface area (Å²) >= 11 is 6.21. The van der Waals surface area contributed by atoms with E-state index in [4.69, 9.17) is 16.4 Å². The summed E-state index contributed by atoms with van der Waals surface area (Å²) in [5.74, 6) is -0.581. The van der Waals surface area contributed by atoms with Gasteiger partial charge < -0.3 is 10.2 Å². The number of rotatable bonds is 5. The van der Waals surface area contributed by atoms with Gasteiger partial charge in [0, 0.05) is 29.0 Å². The fourth-order valence-corrected chi connectivity index (χ4v) is 3.34. The van der Waals surface area contributed by atoms with E-state index in [-0.39, 0.29) is 18.3 Å². The first-order valence-electron chi connectivity index (χ1n) is 8.76. The van der Waals surface area contributed by atoms with E-state index in [1.165, 1.54) is 6.07 Å². The first-order chi connectivity index (χ1) is 12.7. The fourth-order valence-electron chi connectivity index (χ4n) is 3.09. The molecule has 4 nitrogen and oxygen atoms in total. The second kappa shape index (κ2) is 7.31. The lowest BCUT2D eigenvalue weighted by molar-refractivity contribution is -0.141. The van der Waals surface area contributed by atoms with E-state index >= 15 is 0 Å². The molecule has 2 aromatic rings. The summed E-state index contributed by atoms with van der Waals surface area (Å²) in [5, 5.41) is 7.51. The molecule has 0 bridgehead atoms. The van der Waals surface area contributed by atoms with E-state index in [2.05, 4.69) is 10.5 Å². The van der Waals surface area contributed by atoms with Gasteiger partial charge in [-0.2, -0.15) is 0 Å². The molecule has 1 heterocycles. The van der Waals surface area contributed by atoms with Gasteiger partial charge in [-0.05, 0) is 24.6 Å². The van der Waals surface area contributed by atoms with Crippen molar-refractivity contribution in [1.82, 2.24) is 5.32 Å². The predicted octanol–water partition coefficient (Wildman–Crippen LogP) is 4.46. The van der Waals surface area contributed by atoms with Gasteiger partial charge in [0.15, 0.2) is 0 Å². The highest BCUT2D eigenvalue weighted by molar-refractivity contribution is 6.34. The van der Waals surface area contributed by atoms with Crippen LogP contribution in [0.2, 0.25) is 5.02 Å². The summed E-state index contributed by atoms with van der Waals surface area (Å²) < 4.78 is 14.1. The van der Waals surface area contributed by atoms with Crippen molar-refractivity contribution in [3.63, 3.8) is 0 Å². The SMILES string of the molecule is CC(C)(CNC(=O)[C@]1(C)CC(c2ccccc2Cl)=NO1)c1ccccc1F. The van der Waals surface area contributed by atoms with Crippen LogP contribution in [0.15, 0.2) is 53.7 Å². The molecule has 1 N–H and O–H groups in total. The smallest absolute Gasteiger partial charge is 0.267 e. The maximum absolute atomic E-state index is 14.1. The number of halogens is 2. The van der Waals surface area contributed by atoms with E-state index in [0.29, 0.717) is 22.7 Å². The first kappa shape index (κ1) is 19.4. The van der Waals surface area contributed by atoms with E-state index in [1.807, 2.05) is 32.0 Å². The van der Waals surface area contributed by atoms with Crippen LogP contribution in [-0.2, 0) is 15.0 Å². The Hall–Kier alpha value is -2.40. The van der Waals surface area contributed by atoms with Crippen molar-refractivity contribution in [3.05, 3.63) is 70.5 Å². The minimum atomic E-state index is -1.13. The Bertz CT molecular complexity index is 897. The molecule has 0 radical (unpaired) electrons. The van der Waals surface area contributed by atoms with Crippen LogP contribution in [0.1, 0.15) is 38.3 Å². The molecule has 2 aromatic carbocycles. The molecule has 0 saturated heterocycles. The highest BCUT2D eigenvalue weighted by atomic mass is 35.5. The molecule has 1 amide bonds. The maximum Gasteiger partial charge on any atom is 0.267 e. The van der Waals surface area contributed by atoms with Crippen molar-refractivity contribution in [1.29, 1.82) is 0 Å². The minimum Gasteiger partial charge on any atom is -0.379 e. The first-order valence-corrected chi connectivity index (χ1v) is 9.14. The summed E-state index contributed by atoms with van der Waals surface area (Å²) in [7, 11) is 0. The van der Waals surface area contributed by atoms with Gasteiger partial charge in [0.2, 0.25) is 5.60 Å². The van der Waals surface area contributed by atoms with Crippen molar-refractivity contribution >= 4 is 23.2 Å². The van der Waals surface area contributed by atoms with Crippen LogP contribution in [0.25, 0.3) is 0 Å². The molecular weight excluding hydrogens is 367 g/mol. The number of nitrogens with zero attached hydrogens (tertiary/aromatic N) is 1. The van der Waals surface area contributed by atoms with Gasteiger partial charge in [-0.3, -0.25) is 4.79 Å². The Morgan fingerprint density at radius 1 is 1.26 bits per heavy atom. The lowest BCUT2D eigenvalue weighted by Gasteiger charge is -2.28. The Kier molecular flexibility index (Phi) is 5.24. The number of carbonyl (C=O) groups excluding carboxylic acids is 1. The topological polar surface area (TPSA) is 50.7 Å². The van der Waals surface area contributed by atoms with Crippen molar-refractivity contribution in [3.8, 4) is 0 Å². The van der Waals surface area contributed by atoms with Gasteiger partial charge in [0.1, 0.15) is 5.82 Å². The third-order valence-electron chi connectivity index (χ3n) is 4.82. The highest BCUT2D eigenvalue weighted by Crippen LogP contribution is 2.30. The molecule has 1 aliphatic heterocycles. The molecule has 6 heteroatoms. The molecule has 0 aromatic heterocycles. The van der Waals surface area contributed by atoms with Crippen LogP contribution in [0.3, 0.4) is 0 Å². The van der Waals surface area contributed by atoms with Crippen molar-refractivity contribution in [2.24, 2.45) is 5.16 Å². The van der Waals surface area contributed by atoms with Crippen molar-refractivity contribution in [2.75, 3.05) is 6.54 Å². The summed E-state index contributed by atoms with van der Waals surface area (Å²) in [6.07, 6.45) is 0.308. The van der Waals surface area contributed by atoms with Crippen LogP contribution in [-0.4, -0.2) is 23.8 Å². The van der Waals surface area contributed by atoms with Crippen LogP contribution in [0.5, 0.6) is 0 Å². The zero-order valence-electron chi connectivity index (χ0n) is 15.6. The van der Waals surface area contributed by atoms with Gasteiger partial charge >= 0.3 is 0 Å². The van der Waals surface area contributed by atoms with Crippen LogP contribution in [0.4, 0.5) is 4.39 Å². The average Bonchev–Trinajstić information content (AvgIpc) is 3.04. The Balaban J connectivity index is 1.67. The Labute approximate surface area is 163 Å². The second-order valence-electron chi connectivity index (χ2n) is 7.56. The van der Waals surface area contributed by atoms with Gasteiger partial charge in [0.25, 0.3) is 5.91 Å². The summed E-state index contributed by atoms with van der Waals surface area (Å²) in [5.41, 5.74) is 0.243. The van der Waals surface area contributed by atoms with E-state index in [9.17, 15) is 9.18 Å². The molecular formula is C21H22ClFN2O2. The third-order valence-corrected chi connectivity index (χ3v) is 5.15. The van der Waals surface area contributed by atoms with Crippen LogP contribution >= 0.6 is 11.6 Å². The molecule has 0 aliphatic carbocycles. The highest BCUT2D eigenvalue weighted by Gasteiger charge is 2.43. The number of carbonyl (C=O) groups is 1. The number of amides is 1. The minimum absolute atomic E-state index is 0.271. The van der Waals surface area contributed by atoms with Crippen molar-refractivity contribution in [2.45, 2.75) is 38.2 Å². The second-order valence-corrected chi connectivity index (χ2v) is 7.97. The molecule has 3 rings (SSSR count). The number of benzene rings is 2. The summed E-state index contributed by atoms with van der Waals surface area (Å²) in [6, 6.07) is 13.9. The largest absolute Gasteiger partial charge is 0.379 e. The maximum atomic E-state index is 14.1. The zero-order chi connectivity index (χ0) is 19.7. The number of oxime groups is 1. The number of hydrogen-bond donors (Lipinski definition) is 1. The molecule has 1 atom stereocenters. The molecule has 27 heavy (non-hydrogen) atoms. The molecule has 1 aliphatic rings. The predicted molar refractivity (Wildman–Crippen MR) is 105 cm³/mol. The van der Waals surface area contributed by atoms with E-state index in [0.717, 1.165) is 5.56 Å². The van der Waals surface area contributed by atoms with Gasteiger partial charge in [0.05, 0.1) is 5.71 Å². The Morgan fingerprint density at radius 3 is 2.63 bits per heavy atom. The number of nitrogens with one attached hydrogen (secondary N) is 1. The molecule has 0 unspecified atom stereocenters. The number of hydrogen-bond acceptors (Lipinski definition) is 3. The van der Waals surface area contributed by atoms with Gasteiger partial charge in [-0.25, -0.2) is 4.39 Å². The van der Waals surface area contributed by atoms with E-state index < -0.39 is 11.0 Å². The molecule has 0 spiro atoms. The normalized spacial score (nSPS) is 19.4. The summed E-state index contributed by atoms with van der Waals surface area (Å²) in [4.78, 5) is 18.2. The van der Waals surface area contributed by atoms with Crippen molar-refractivity contribution < 1.29 is 14.0 Å². The Morgan fingerprint density at radius 2 is 1.93 bits per heavy atom. The lowest BCUT2D eigenvalue weighted by atomic mass is 9.84. The summed E-state index contributed by atoms with van der Waals surface area (Å²) in [6.45, 7) is 5.73. The fraction of sp³-hybridized carbons (Fsp3) is 0.333. The standard InChI is InChI=1S/C21H22ClFN2O2/c1-20(2,15-9-5-7-11-17(15)23)13-24-19(26)21(3)12-18(25-27-21)14-8-4-6-10-16(14)22/h4-11H,12-13H2,1-3H3,(H,24,26)/t21-/m0/s1. The lowest BCUT2D eigenvalue weighted by Crippen LogP contribution is -2.48. The zero-order valence-corrected chi connectivity index (χ0v) is 16.3. The quantitative estimate of drug-likeness (QED) is 0.822. The van der Waals surface area contributed by atoms with E-state index in [1.54, 1.807) is 31.2 Å². The monoisotopic (exact) mass is 388 g/mol. The molecule has 0 fully saturated rings. The average molecular weight is 389 g/mol. The van der Waals surface area contributed by atoms with Gasteiger partial charge in [-0.15, -0.1) is 0 Å². The van der Waals surface area contributed by atoms with Gasteiger partial charge in [-0.1, -0.05) is 67.0 Å². The molecule has 0 saturated carbocycles. The molecule has 142 valence electrons. The van der Waals surface area contributed by atoms with Crippen LogP contribution < -0.4 is 5.32 Å². The van der Waals surface area contributed by atoms with Crippen LogP contribution in [0, 0.1) is 5.82 Å².